The van der Waals surface area contributed by atoms with E-state index < -0.39 is 0 Å². The number of nitrogens with one attached hydrogen (secondary N) is 2. The zero-order valence-electron chi connectivity index (χ0n) is 13.5. The SMILES string of the molecule is CCCCCCN=C(N)NCCC(=O)Nc1ccc(Br)cc1.I. The van der Waals surface area contributed by atoms with Crippen molar-refractivity contribution in [3.05, 3.63) is 28.7 Å². The first-order chi connectivity index (χ1) is 10.6. The van der Waals surface area contributed by atoms with E-state index in [9.17, 15) is 4.79 Å². The maximum Gasteiger partial charge on any atom is 0.226 e. The van der Waals surface area contributed by atoms with Crippen LogP contribution in [0.4, 0.5) is 5.69 Å². The van der Waals surface area contributed by atoms with E-state index in [4.69, 9.17) is 5.73 Å². The van der Waals surface area contributed by atoms with Gasteiger partial charge in [0.15, 0.2) is 5.96 Å². The number of hydrogen-bond donors (Lipinski definition) is 3. The third-order valence-corrected chi connectivity index (χ3v) is 3.61. The van der Waals surface area contributed by atoms with E-state index >= 15 is 0 Å². The molecule has 0 bridgehead atoms. The van der Waals surface area contributed by atoms with Crippen molar-refractivity contribution in [1.82, 2.24) is 5.32 Å². The third-order valence-electron chi connectivity index (χ3n) is 3.08. The number of carbonyl (C=O) groups is 1. The van der Waals surface area contributed by atoms with E-state index in [0.717, 1.165) is 23.1 Å². The second-order valence-corrected chi connectivity index (χ2v) is 5.98. The van der Waals surface area contributed by atoms with Crippen LogP contribution in [0, 0.1) is 0 Å². The molecule has 5 nitrogen and oxygen atoms in total. The molecular formula is C16H26BrIN4O. The number of nitrogens with zero attached hydrogens (tertiary/aromatic N) is 1. The van der Waals surface area contributed by atoms with Crippen LogP contribution in [0.5, 0.6) is 0 Å². The first-order valence-corrected chi connectivity index (χ1v) is 8.50. The largest absolute Gasteiger partial charge is 0.370 e. The van der Waals surface area contributed by atoms with E-state index in [1.54, 1.807) is 0 Å². The van der Waals surface area contributed by atoms with Gasteiger partial charge in [0, 0.05) is 29.7 Å². The second kappa shape index (κ2) is 13.6. The summed E-state index contributed by atoms with van der Waals surface area (Å²) < 4.78 is 0.982. The van der Waals surface area contributed by atoms with E-state index in [1.807, 2.05) is 24.3 Å². The molecule has 0 aliphatic rings. The Hall–Kier alpha value is -0.830. The Balaban J connectivity index is 0.00000484. The van der Waals surface area contributed by atoms with Gasteiger partial charge in [0.2, 0.25) is 5.91 Å². The molecule has 7 heteroatoms. The highest BCUT2D eigenvalue weighted by Gasteiger charge is 2.02. The Bertz CT molecular complexity index is 479. The van der Waals surface area contributed by atoms with Crippen LogP contribution in [-0.4, -0.2) is 25.0 Å². The summed E-state index contributed by atoms with van der Waals surface area (Å²) in [4.78, 5) is 16.0. The Morgan fingerprint density at radius 2 is 1.91 bits per heavy atom. The van der Waals surface area contributed by atoms with Crippen LogP contribution in [0.25, 0.3) is 0 Å². The zero-order valence-corrected chi connectivity index (χ0v) is 17.4. The van der Waals surface area contributed by atoms with Gasteiger partial charge in [0.1, 0.15) is 0 Å². The molecule has 130 valence electrons. The summed E-state index contributed by atoms with van der Waals surface area (Å²) in [7, 11) is 0. The van der Waals surface area contributed by atoms with Crippen LogP contribution in [0.1, 0.15) is 39.0 Å². The molecule has 0 saturated heterocycles. The minimum Gasteiger partial charge on any atom is -0.370 e. The van der Waals surface area contributed by atoms with Gasteiger partial charge in [0.05, 0.1) is 0 Å². The van der Waals surface area contributed by atoms with Crippen LogP contribution < -0.4 is 16.4 Å². The summed E-state index contributed by atoms with van der Waals surface area (Å²) in [5, 5.41) is 5.79. The molecule has 0 aliphatic carbocycles. The number of aliphatic imine (C=N–C) groups is 1. The number of carbonyl (C=O) groups excluding carboxylic acids is 1. The smallest absolute Gasteiger partial charge is 0.226 e. The van der Waals surface area contributed by atoms with Gasteiger partial charge in [-0.25, -0.2) is 0 Å². The number of nitrogens with two attached hydrogens (primary N) is 1. The first-order valence-electron chi connectivity index (χ1n) is 7.71. The lowest BCUT2D eigenvalue weighted by atomic mass is 10.2. The molecule has 0 radical (unpaired) electrons. The molecule has 0 unspecified atom stereocenters. The molecule has 1 aromatic carbocycles. The van der Waals surface area contributed by atoms with Gasteiger partial charge < -0.3 is 16.4 Å². The normalized spacial score (nSPS) is 10.8. The summed E-state index contributed by atoms with van der Waals surface area (Å²) in [5.74, 6) is 0.360. The average molecular weight is 497 g/mol. The number of rotatable bonds is 9. The lowest BCUT2D eigenvalue weighted by Crippen LogP contribution is -2.34. The van der Waals surface area contributed by atoms with E-state index in [0.29, 0.717) is 18.9 Å². The number of hydrogen-bond acceptors (Lipinski definition) is 2. The van der Waals surface area contributed by atoms with Gasteiger partial charge in [-0.05, 0) is 30.7 Å². The number of guanidine groups is 1. The molecule has 0 fully saturated rings. The van der Waals surface area contributed by atoms with Crippen molar-refractivity contribution in [2.24, 2.45) is 10.7 Å². The summed E-state index contributed by atoms with van der Waals surface area (Å²) >= 11 is 3.35. The third kappa shape index (κ3) is 11.4. The van der Waals surface area contributed by atoms with Gasteiger partial charge in [-0.2, -0.15) is 0 Å². The summed E-state index contributed by atoms with van der Waals surface area (Å²) in [5.41, 5.74) is 6.53. The molecule has 1 aromatic rings. The standard InChI is InChI=1S/C16H25BrN4O.HI/c1-2-3-4-5-11-19-16(18)20-12-10-15(22)21-14-8-6-13(17)7-9-14;/h6-9H,2-5,10-12H2,1H3,(H,21,22)(H3,18,19,20);1H. The molecule has 4 N–H and O–H groups in total. The highest BCUT2D eigenvalue weighted by Crippen LogP contribution is 2.14. The topological polar surface area (TPSA) is 79.5 Å². The Morgan fingerprint density at radius 3 is 2.57 bits per heavy atom. The summed E-state index contributed by atoms with van der Waals surface area (Å²) in [6.45, 7) is 3.40. The van der Waals surface area contributed by atoms with Crippen molar-refractivity contribution in [2.45, 2.75) is 39.0 Å². The summed E-state index contributed by atoms with van der Waals surface area (Å²) in [6.07, 6.45) is 5.04. The van der Waals surface area contributed by atoms with Crippen molar-refractivity contribution in [1.29, 1.82) is 0 Å². The molecule has 0 aromatic heterocycles. The summed E-state index contributed by atoms with van der Waals surface area (Å²) in [6, 6.07) is 7.47. The number of benzene rings is 1. The lowest BCUT2D eigenvalue weighted by molar-refractivity contribution is -0.116. The first kappa shape index (κ1) is 22.2. The average Bonchev–Trinajstić information content (AvgIpc) is 2.49. The van der Waals surface area contributed by atoms with Crippen LogP contribution in [0.2, 0.25) is 0 Å². The van der Waals surface area contributed by atoms with Crippen molar-refractivity contribution >= 4 is 57.5 Å². The maximum absolute atomic E-state index is 11.8. The molecular weight excluding hydrogens is 471 g/mol. The highest BCUT2D eigenvalue weighted by molar-refractivity contribution is 14.0. The van der Waals surface area contributed by atoms with Crippen LogP contribution in [-0.2, 0) is 4.79 Å². The van der Waals surface area contributed by atoms with Crippen molar-refractivity contribution in [3.8, 4) is 0 Å². The number of halogens is 2. The zero-order chi connectivity index (χ0) is 16.2. The fourth-order valence-electron chi connectivity index (χ4n) is 1.85. The van der Waals surface area contributed by atoms with Crippen molar-refractivity contribution in [2.75, 3.05) is 18.4 Å². The molecule has 1 rings (SSSR count). The molecule has 23 heavy (non-hydrogen) atoms. The number of amides is 1. The lowest BCUT2D eigenvalue weighted by Gasteiger charge is -2.07. The molecule has 0 saturated carbocycles. The van der Waals surface area contributed by atoms with E-state index in [1.165, 1.54) is 19.3 Å². The highest BCUT2D eigenvalue weighted by atomic mass is 127. The Kier molecular flexibility index (Phi) is 13.1. The Morgan fingerprint density at radius 1 is 1.22 bits per heavy atom. The molecule has 0 atom stereocenters. The van der Waals surface area contributed by atoms with Gasteiger partial charge in [-0.15, -0.1) is 24.0 Å². The van der Waals surface area contributed by atoms with Crippen molar-refractivity contribution in [3.63, 3.8) is 0 Å². The van der Waals surface area contributed by atoms with Gasteiger partial charge in [-0.1, -0.05) is 42.1 Å². The fraction of sp³-hybridized carbons (Fsp3) is 0.500. The predicted molar refractivity (Wildman–Crippen MR) is 111 cm³/mol. The van der Waals surface area contributed by atoms with E-state index in [2.05, 4.69) is 38.5 Å². The Labute approximate surface area is 164 Å². The monoisotopic (exact) mass is 496 g/mol. The van der Waals surface area contributed by atoms with Gasteiger partial charge in [-0.3, -0.25) is 9.79 Å². The predicted octanol–water partition coefficient (Wildman–Crippen LogP) is 3.88. The molecule has 0 heterocycles. The second-order valence-electron chi connectivity index (χ2n) is 5.06. The van der Waals surface area contributed by atoms with Crippen molar-refractivity contribution < 1.29 is 4.79 Å². The molecule has 0 aliphatic heterocycles. The minimum atomic E-state index is -0.0504. The molecule has 0 spiro atoms. The molecule has 1 amide bonds. The fourth-order valence-corrected chi connectivity index (χ4v) is 2.12. The van der Waals surface area contributed by atoms with Gasteiger partial charge >= 0.3 is 0 Å². The van der Waals surface area contributed by atoms with Crippen LogP contribution >= 0.6 is 39.9 Å². The van der Waals surface area contributed by atoms with Crippen LogP contribution in [0.15, 0.2) is 33.7 Å². The maximum atomic E-state index is 11.8. The van der Waals surface area contributed by atoms with E-state index in [-0.39, 0.29) is 29.9 Å². The number of unbranched alkanes of at least 4 members (excludes halogenated alkanes) is 3. The van der Waals surface area contributed by atoms with Gasteiger partial charge in [0.25, 0.3) is 0 Å². The number of anilines is 1. The quantitative estimate of drug-likeness (QED) is 0.210. The minimum absolute atomic E-state index is 0. The van der Waals surface area contributed by atoms with Crippen LogP contribution in [0.3, 0.4) is 0 Å².